The van der Waals surface area contributed by atoms with Crippen LogP contribution >= 0.6 is 0 Å². The number of sulfonamides is 1. The predicted molar refractivity (Wildman–Crippen MR) is 92.1 cm³/mol. The molecule has 2 atom stereocenters. The van der Waals surface area contributed by atoms with Crippen LogP contribution in [-0.4, -0.2) is 52.1 Å². The quantitative estimate of drug-likeness (QED) is 0.803. The van der Waals surface area contributed by atoms with Crippen LogP contribution in [0.3, 0.4) is 0 Å². The van der Waals surface area contributed by atoms with Crippen molar-refractivity contribution < 1.29 is 13.2 Å². The maximum absolute atomic E-state index is 13.3. The molecule has 0 unspecified atom stereocenters. The van der Waals surface area contributed by atoms with Gasteiger partial charge in [0.15, 0.2) is 0 Å². The van der Waals surface area contributed by atoms with Crippen LogP contribution in [0.2, 0.25) is 0 Å². The first-order valence-electron chi connectivity index (χ1n) is 8.45. The zero-order valence-electron chi connectivity index (χ0n) is 14.7. The third-order valence-corrected chi connectivity index (χ3v) is 6.54. The summed E-state index contributed by atoms with van der Waals surface area (Å²) in [5.74, 6) is 0.880. The number of benzene rings is 1. The highest BCUT2D eigenvalue weighted by Crippen LogP contribution is 2.33. The summed E-state index contributed by atoms with van der Waals surface area (Å²) >= 11 is 0. The van der Waals surface area contributed by atoms with Crippen LogP contribution in [-0.2, 0) is 10.0 Å². The first kappa shape index (κ1) is 17.8. The molecule has 1 saturated heterocycles. The number of piperidine rings is 1. The summed E-state index contributed by atoms with van der Waals surface area (Å²) in [4.78, 5) is 0.156. The molecule has 2 aromatic rings. The van der Waals surface area contributed by atoms with E-state index in [4.69, 9.17) is 4.74 Å². The summed E-state index contributed by atoms with van der Waals surface area (Å²) in [6.07, 6.45) is 3.15. The van der Waals surface area contributed by atoms with E-state index in [-0.39, 0.29) is 10.9 Å². The zero-order valence-corrected chi connectivity index (χ0v) is 15.5. The van der Waals surface area contributed by atoms with Crippen molar-refractivity contribution in [3.05, 3.63) is 24.5 Å². The summed E-state index contributed by atoms with van der Waals surface area (Å²) < 4.78 is 35.2. The van der Waals surface area contributed by atoms with Crippen molar-refractivity contribution >= 4 is 10.0 Å². The Hall–Kier alpha value is -2.00. The van der Waals surface area contributed by atoms with Crippen LogP contribution in [0.25, 0.3) is 5.69 Å². The van der Waals surface area contributed by atoms with Gasteiger partial charge >= 0.3 is 0 Å². The fourth-order valence-electron chi connectivity index (χ4n) is 3.26. The fourth-order valence-corrected chi connectivity index (χ4v) is 5.07. The second-order valence-corrected chi connectivity index (χ2v) is 8.27. The minimum Gasteiger partial charge on any atom is -0.492 e. The summed E-state index contributed by atoms with van der Waals surface area (Å²) in [6, 6.07) is 4.92. The van der Waals surface area contributed by atoms with Crippen LogP contribution in [0.4, 0.5) is 0 Å². The Bertz CT molecular complexity index is 822. The van der Waals surface area contributed by atoms with Gasteiger partial charge < -0.3 is 4.74 Å². The van der Waals surface area contributed by atoms with E-state index in [0.29, 0.717) is 30.5 Å². The van der Waals surface area contributed by atoms with E-state index in [9.17, 15) is 8.42 Å². The largest absolute Gasteiger partial charge is 0.492 e. The molecule has 0 bridgehead atoms. The molecule has 1 aliphatic heterocycles. The molecule has 0 radical (unpaired) electrons. The molecule has 0 amide bonds. The molecule has 0 N–H and O–H groups in total. The Morgan fingerprint density at radius 3 is 2.76 bits per heavy atom. The fraction of sp³-hybridized carbons (Fsp3) is 0.562. The van der Waals surface area contributed by atoms with Gasteiger partial charge in [0.25, 0.3) is 0 Å². The van der Waals surface area contributed by atoms with Crippen molar-refractivity contribution in [3.63, 3.8) is 0 Å². The normalized spacial score (nSPS) is 22.0. The van der Waals surface area contributed by atoms with E-state index in [1.54, 1.807) is 22.5 Å². The van der Waals surface area contributed by atoms with Crippen molar-refractivity contribution in [3.8, 4) is 11.4 Å². The lowest BCUT2D eigenvalue weighted by atomic mass is 9.95. The number of ether oxygens (including phenoxy) is 1. The molecule has 9 heteroatoms. The van der Waals surface area contributed by atoms with Crippen molar-refractivity contribution in [2.75, 3.05) is 13.2 Å². The lowest BCUT2D eigenvalue weighted by Gasteiger charge is -2.35. The van der Waals surface area contributed by atoms with Gasteiger partial charge in [0, 0.05) is 12.6 Å². The number of nitrogens with zero attached hydrogens (tertiary/aromatic N) is 5. The maximum atomic E-state index is 13.3. The van der Waals surface area contributed by atoms with Gasteiger partial charge in [-0.3, -0.25) is 0 Å². The topological polar surface area (TPSA) is 90.2 Å². The van der Waals surface area contributed by atoms with Gasteiger partial charge in [0.2, 0.25) is 10.0 Å². The second kappa shape index (κ2) is 7.09. The smallest absolute Gasteiger partial charge is 0.247 e. The monoisotopic (exact) mass is 365 g/mol. The van der Waals surface area contributed by atoms with Gasteiger partial charge in [-0.15, -0.1) is 5.10 Å². The number of hydrogen-bond donors (Lipinski definition) is 0. The van der Waals surface area contributed by atoms with Crippen LogP contribution < -0.4 is 4.74 Å². The molecular weight excluding hydrogens is 342 g/mol. The standard InChI is InChI=1S/C16H23N5O3S/c1-4-24-15-6-5-14(20-11-17-18-19-20)10-16(15)25(22,23)21-8-7-12(2)9-13(21)3/h5-6,10-13H,4,7-9H2,1-3H3/t12-,13+/m1/s1. The van der Waals surface area contributed by atoms with Gasteiger partial charge in [-0.05, 0) is 61.2 Å². The molecule has 0 aliphatic carbocycles. The molecule has 3 rings (SSSR count). The third-order valence-electron chi connectivity index (χ3n) is 4.50. The molecular formula is C16H23N5O3S. The molecule has 8 nitrogen and oxygen atoms in total. The van der Waals surface area contributed by atoms with E-state index >= 15 is 0 Å². The van der Waals surface area contributed by atoms with E-state index in [2.05, 4.69) is 22.4 Å². The minimum atomic E-state index is -3.67. The second-order valence-electron chi connectivity index (χ2n) is 6.41. The Kier molecular flexibility index (Phi) is 5.05. The van der Waals surface area contributed by atoms with Crippen LogP contribution in [0, 0.1) is 5.92 Å². The summed E-state index contributed by atoms with van der Waals surface area (Å²) in [5, 5.41) is 11.0. The van der Waals surface area contributed by atoms with E-state index in [1.165, 1.54) is 11.0 Å². The molecule has 1 aromatic heterocycles. The summed E-state index contributed by atoms with van der Waals surface area (Å²) in [6.45, 7) is 6.85. The molecule has 0 spiro atoms. The van der Waals surface area contributed by atoms with E-state index in [1.807, 2.05) is 13.8 Å². The average molecular weight is 365 g/mol. The van der Waals surface area contributed by atoms with Gasteiger partial charge in [-0.25, -0.2) is 13.1 Å². The first-order chi connectivity index (χ1) is 11.9. The van der Waals surface area contributed by atoms with Crippen molar-refractivity contribution in [1.29, 1.82) is 0 Å². The number of hydrogen-bond acceptors (Lipinski definition) is 6. The van der Waals surface area contributed by atoms with Crippen molar-refractivity contribution in [2.45, 2.75) is 44.6 Å². The number of tetrazole rings is 1. The third kappa shape index (κ3) is 3.52. The van der Waals surface area contributed by atoms with Gasteiger partial charge in [0.05, 0.1) is 12.3 Å². The van der Waals surface area contributed by atoms with Crippen LogP contribution in [0.1, 0.15) is 33.6 Å². The number of aromatic nitrogens is 4. The minimum absolute atomic E-state index is 0.0417. The van der Waals surface area contributed by atoms with Gasteiger partial charge in [-0.2, -0.15) is 4.31 Å². The summed E-state index contributed by atoms with van der Waals surface area (Å²) in [7, 11) is -3.67. The Morgan fingerprint density at radius 1 is 1.32 bits per heavy atom. The van der Waals surface area contributed by atoms with E-state index < -0.39 is 10.0 Å². The highest BCUT2D eigenvalue weighted by Gasteiger charge is 2.35. The molecule has 1 aliphatic rings. The predicted octanol–water partition coefficient (Wildman–Crippen LogP) is 1.87. The van der Waals surface area contributed by atoms with E-state index in [0.717, 1.165) is 12.8 Å². The Morgan fingerprint density at radius 2 is 2.12 bits per heavy atom. The van der Waals surface area contributed by atoms with Crippen LogP contribution in [0.5, 0.6) is 5.75 Å². The lowest BCUT2D eigenvalue weighted by molar-refractivity contribution is 0.219. The van der Waals surface area contributed by atoms with Crippen LogP contribution in [0.15, 0.2) is 29.4 Å². The zero-order chi connectivity index (χ0) is 18.0. The Labute approximate surface area is 147 Å². The van der Waals surface area contributed by atoms with Crippen molar-refractivity contribution in [1.82, 2.24) is 24.5 Å². The highest BCUT2D eigenvalue weighted by atomic mass is 32.2. The van der Waals surface area contributed by atoms with Crippen molar-refractivity contribution in [2.24, 2.45) is 5.92 Å². The molecule has 2 heterocycles. The molecule has 1 fully saturated rings. The first-order valence-corrected chi connectivity index (χ1v) is 9.89. The van der Waals surface area contributed by atoms with Gasteiger partial charge in [-0.1, -0.05) is 6.92 Å². The van der Waals surface area contributed by atoms with Gasteiger partial charge in [0.1, 0.15) is 17.0 Å². The highest BCUT2D eigenvalue weighted by molar-refractivity contribution is 7.89. The Balaban J connectivity index is 2.05. The molecule has 25 heavy (non-hydrogen) atoms. The summed E-state index contributed by atoms with van der Waals surface area (Å²) in [5.41, 5.74) is 0.574. The lowest BCUT2D eigenvalue weighted by Crippen LogP contribution is -2.44. The molecule has 136 valence electrons. The SMILES string of the molecule is CCOc1ccc(-n2cnnn2)cc1S(=O)(=O)N1CC[C@@H](C)C[C@@H]1C. The maximum Gasteiger partial charge on any atom is 0.247 e. The number of rotatable bonds is 5. The molecule has 1 aromatic carbocycles. The average Bonchev–Trinajstić information content (AvgIpc) is 3.09. The molecule has 0 saturated carbocycles.